The number of pyridine rings is 2. The Morgan fingerprint density at radius 1 is 0.933 bits per heavy atom. The molecule has 0 radical (unpaired) electrons. The molecule has 4 N–H and O–H groups in total. The third kappa shape index (κ3) is 3.29. The standard InChI is InChI=1S/C23H17N5O2/c29-22-21(17-5-1-2-6-19(17)28-22)20-9-7-14-12-15(8-10-18(14)27-20)25-23(30)26-16-4-3-11-24-13-16/h1-13,28-29H,(H2,25,26,30). The Hall–Kier alpha value is -4.39. The molecule has 0 saturated heterocycles. The van der Waals surface area contributed by atoms with E-state index in [0.717, 1.165) is 21.8 Å². The number of amides is 2. The minimum absolute atomic E-state index is 0.0911. The molecule has 5 rings (SSSR count). The van der Waals surface area contributed by atoms with Crippen LogP contribution in [0, 0.1) is 0 Å². The molecule has 0 aliphatic rings. The molecular weight excluding hydrogens is 378 g/mol. The predicted molar refractivity (Wildman–Crippen MR) is 118 cm³/mol. The van der Waals surface area contributed by atoms with Crippen LogP contribution in [-0.4, -0.2) is 26.1 Å². The summed E-state index contributed by atoms with van der Waals surface area (Å²) >= 11 is 0. The van der Waals surface area contributed by atoms with Gasteiger partial charge in [0.1, 0.15) is 0 Å². The summed E-state index contributed by atoms with van der Waals surface area (Å²) in [6.07, 6.45) is 3.22. The van der Waals surface area contributed by atoms with Gasteiger partial charge in [-0.3, -0.25) is 4.98 Å². The van der Waals surface area contributed by atoms with Gasteiger partial charge in [0.15, 0.2) is 5.88 Å². The molecule has 3 aromatic heterocycles. The van der Waals surface area contributed by atoms with Gasteiger partial charge in [0.05, 0.1) is 28.7 Å². The van der Waals surface area contributed by atoms with Crippen LogP contribution in [0.2, 0.25) is 0 Å². The molecule has 0 unspecified atom stereocenters. The van der Waals surface area contributed by atoms with E-state index in [-0.39, 0.29) is 11.9 Å². The van der Waals surface area contributed by atoms with Crippen LogP contribution in [0.4, 0.5) is 16.2 Å². The zero-order chi connectivity index (χ0) is 20.5. The number of aromatic hydroxyl groups is 1. The minimum Gasteiger partial charge on any atom is -0.494 e. The summed E-state index contributed by atoms with van der Waals surface area (Å²) in [6.45, 7) is 0. The smallest absolute Gasteiger partial charge is 0.323 e. The van der Waals surface area contributed by atoms with E-state index in [1.807, 2.05) is 48.5 Å². The summed E-state index contributed by atoms with van der Waals surface area (Å²) in [5.74, 6) is 0.0911. The van der Waals surface area contributed by atoms with Crippen LogP contribution in [-0.2, 0) is 0 Å². The number of anilines is 2. The topological polar surface area (TPSA) is 103 Å². The van der Waals surface area contributed by atoms with Gasteiger partial charge in [-0.05, 0) is 42.5 Å². The van der Waals surface area contributed by atoms with Crippen LogP contribution >= 0.6 is 0 Å². The lowest BCUT2D eigenvalue weighted by molar-refractivity contribution is 0.262. The second-order valence-electron chi connectivity index (χ2n) is 6.82. The SMILES string of the molecule is O=C(Nc1cccnc1)Nc1ccc2nc(-c3c(O)[nH]c4ccccc34)ccc2c1. The van der Waals surface area contributed by atoms with Gasteiger partial charge < -0.3 is 20.7 Å². The molecule has 3 heterocycles. The quantitative estimate of drug-likeness (QED) is 0.340. The number of aromatic nitrogens is 3. The van der Waals surface area contributed by atoms with Crippen LogP contribution in [0.3, 0.4) is 0 Å². The van der Waals surface area contributed by atoms with Crippen molar-refractivity contribution in [2.24, 2.45) is 0 Å². The first-order chi connectivity index (χ1) is 14.7. The van der Waals surface area contributed by atoms with E-state index in [4.69, 9.17) is 4.98 Å². The number of hydrogen-bond acceptors (Lipinski definition) is 4. The number of carbonyl (C=O) groups is 1. The molecule has 0 aliphatic carbocycles. The number of nitrogens with zero attached hydrogens (tertiary/aromatic N) is 2. The lowest BCUT2D eigenvalue weighted by Gasteiger charge is -2.09. The summed E-state index contributed by atoms with van der Waals surface area (Å²) < 4.78 is 0. The highest BCUT2D eigenvalue weighted by molar-refractivity contribution is 6.02. The first-order valence-electron chi connectivity index (χ1n) is 9.36. The van der Waals surface area contributed by atoms with E-state index in [1.165, 1.54) is 0 Å². The Labute approximate surface area is 171 Å². The molecule has 30 heavy (non-hydrogen) atoms. The molecule has 7 heteroatoms. The van der Waals surface area contributed by atoms with Crippen molar-refractivity contribution in [2.75, 3.05) is 10.6 Å². The normalized spacial score (nSPS) is 10.9. The molecule has 0 atom stereocenters. The minimum atomic E-state index is -0.351. The Morgan fingerprint density at radius 3 is 2.67 bits per heavy atom. The summed E-state index contributed by atoms with van der Waals surface area (Å²) in [5, 5.41) is 17.7. The fraction of sp³-hybridized carbons (Fsp3) is 0. The molecule has 0 spiro atoms. The van der Waals surface area contributed by atoms with Crippen LogP contribution in [0.25, 0.3) is 33.1 Å². The number of para-hydroxylation sites is 1. The zero-order valence-corrected chi connectivity index (χ0v) is 15.8. The van der Waals surface area contributed by atoms with E-state index in [2.05, 4.69) is 20.6 Å². The average Bonchev–Trinajstić information content (AvgIpc) is 3.09. The molecule has 0 fully saturated rings. The van der Waals surface area contributed by atoms with E-state index >= 15 is 0 Å². The van der Waals surface area contributed by atoms with Crippen molar-refractivity contribution in [3.05, 3.63) is 79.1 Å². The fourth-order valence-corrected chi connectivity index (χ4v) is 3.46. The summed E-state index contributed by atoms with van der Waals surface area (Å²) in [5.41, 5.74) is 4.22. The van der Waals surface area contributed by atoms with Crippen molar-refractivity contribution in [2.45, 2.75) is 0 Å². The van der Waals surface area contributed by atoms with Gasteiger partial charge in [-0.15, -0.1) is 0 Å². The molecular formula is C23H17N5O2. The van der Waals surface area contributed by atoms with Gasteiger partial charge in [-0.2, -0.15) is 0 Å². The molecule has 146 valence electrons. The number of carbonyl (C=O) groups excluding carboxylic acids is 1. The number of nitrogens with one attached hydrogen (secondary N) is 3. The first-order valence-corrected chi connectivity index (χ1v) is 9.36. The lowest BCUT2D eigenvalue weighted by atomic mass is 10.1. The second-order valence-corrected chi connectivity index (χ2v) is 6.82. The largest absolute Gasteiger partial charge is 0.494 e. The van der Waals surface area contributed by atoms with E-state index < -0.39 is 0 Å². The molecule has 5 aromatic rings. The monoisotopic (exact) mass is 395 g/mol. The molecule has 0 bridgehead atoms. The summed E-state index contributed by atoms with van der Waals surface area (Å²) in [4.78, 5) is 23.8. The number of benzene rings is 2. The van der Waals surface area contributed by atoms with Crippen LogP contribution in [0.1, 0.15) is 0 Å². The van der Waals surface area contributed by atoms with E-state index in [1.54, 1.807) is 30.6 Å². The Balaban J connectivity index is 1.43. The second kappa shape index (κ2) is 7.21. The van der Waals surface area contributed by atoms with Crippen molar-refractivity contribution < 1.29 is 9.90 Å². The van der Waals surface area contributed by atoms with Crippen LogP contribution < -0.4 is 10.6 Å². The molecule has 7 nitrogen and oxygen atoms in total. The van der Waals surface area contributed by atoms with Gasteiger partial charge >= 0.3 is 6.03 Å². The maximum atomic E-state index is 12.2. The summed E-state index contributed by atoms with van der Waals surface area (Å²) in [7, 11) is 0. The Kier molecular flexibility index (Phi) is 4.25. The maximum absolute atomic E-state index is 12.2. The fourth-order valence-electron chi connectivity index (χ4n) is 3.46. The highest BCUT2D eigenvalue weighted by Gasteiger charge is 2.14. The van der Waals surface area contributed by atoms with Crippen molar-refractivity contribution in [3.8, 4) is 17.1 Å². The molecule has 2 amide bonds. The number of hydrogen-bond donors (Lipinski definition) is 4. The maximum Gasteiger partial charge on any atom is 0.323 e. The van der Waals surface area contributed by atoms with E-state index in [0.29, 0.717) is 22.6 Å². The zero-order valence-electron chi connectivity index (χ0n) is 15.8. The highest BCUT2D eigenvalue weighted by Crippen LogP contribution is 2.36. The Morgan fingerprint density at radius 2 is 1.80 bits per heavy atom. The van der Waals surface area contributed by atoms with Crippen molar-refractivity contribution >= 4 is 39.2 Å². The Bertz CT molecular complexity index is 1380. The first kappa shape index (κ1) is 17.7. The highest BCUT2D eigenvalue weighted by atomic mass is 16.3. The van der Waals surface area contributed by atoms with Crippen molar-refractivity contribution in [1.82, 2.24) is 15.0 Å². The van der Waals surface area contributed by atoms with Crippen LogP contribution in [0.5, 0.6) is 5.88 Å². The van der Waals surface area contributed by atoms with E-state index in [9.17, 15) is 9.90 Å². The molecule has 0 aliphatic heterocycles. The van der Waals surface area contributed by atoms with Gasteiger partial charge in [0, 0.05) is 28.2 Å². The molecule has 2 aromatic carbocycles. The van der Waals surface area contributed by atoms with Gasteiger partial charge in [0.2, 0.25) is 0 Å². The predicted octanol–water partition coefficient (Wildman–Crippen LogP) is 5.13. The molecule has 0 saturated carbocycles. The average molecular weight is 395 g/mol. The van der Waals surface area contributed by atoms with Crippen LogP contribution in [0.15, 0.2) is 79.1 Å². The third-order valence-corrected chi connectivity index (χ3v) is 4.81. The number of H-pyrrole nitrogens is 1. The number of fused-ring (bicyclic) bond motifs is 2. The number of aromatic amines is 1. The van der Waals surface area contributed by atoms with Gasteiger partial charge in [-0.1, -0.05) is 24.3 Å². The summed E-state index contributed by atoms with van der Waals surface area (Å²) in [6, 6.07) is 20.1. The van der Waals surface area contributed by atoms with Gasteiger partial charge in [-0.25, -0.2) is 9.78 Å². The number of urea groups is 1. The van der Waals surface area contributed by atoms with Gasteiger partial charge in [0.25, 0.3) is 0 Å². The third-order valence-electron chi connectivity index (χ3n) is 4.81. The number of rotatable bonds is 3. The van der Waals surface area contributed by atoms with Crippen molar-refractivity contribution in [3.63, 3.8) is 0 Å². The lowest BCUT2D eigenvalue weighted by Crippen LogP contribution is -2.19. The van der Waals surface area contributed by atoms with Crippen molar-refractivity contribution in [1.29, 1.82) is 0 Å².